The monoisotopic (exact) mass is 305 g/mol. The van der Waals surface area contributed by atoms with Gasteiger partial charge in [0, 0.05) is 0 Å². The first kappa shape index (κ1) is 16.9. The maximum Gasteiger partial charge on any atom is 0.513 e. The minimum Gasteiger partial charge on any atom is -0.434 e. The number of carbonyl (C=O) groups excluding carboxylic acids is 1. The van der Waals surface area contributed by atoms with E-state index in [0.717, 1.165) is 0 Å². The lowest BCUT2D eigenvalue weighted by Crippen LogP contribution is -2.10. The Bertz CT molecular complexity index is 634. The van der Waals surface area contributed by atoms with Crippen LogP contribution in [0.3, 0.4) is 0 Å². The van der Waals surface area contributed by atoms with Crippen LogP contribution in [0.25, 0.3) is 0 Å². The number of nitrogens with two attached hydrogens (primary N) is 4. The van der Waals surface area contributed by atoms with Crippen LogP contribution in [0.15, 0.2) is 36.4 Å². The first-order valence-corrected chi connectivity index (χ1v) is 6.40. The summed E-state index contributed by atoms with van der Waals surface area (Å²) in [4.78, 5) is 14.6. The Morgan fingerprint density at radius 2 is 1.73 bits per heavy atom. The van der Waals surface area contributed by atoms with Gasteiger partial charge in [-0.1, -0.05) is 12.1 Å². The molecule has 0 aliphatic rings. The Balaban J connectivity index is 0.000000235. The van der Waals surface area contributed by atoms with Crippen LogP contribution in [0.5, 0.6) is 5.75 Å². The number of rotatable bonds is 2. The number of hydrogen-bond acceptors (Lipinski definition) is 8. The lowest BCUT2D eigenvalue weighted by Gasteiger charge is -2.05. The van der Waals surface area contributed by atoms with E-state index in [0.29, 0.717) is 22.9 Å². The summed E-state index contributed by atoms with van der Waals surface area (Å²) in [5.41, 5.74) is 22.3. The molecule has 2 aromatic rings. The predicted molar refractivity (Wildman–Crippen MR) is 86.0 cm³/mol. The number of pyridine rings is 1. The molecule has 1 heterocycles. The van der Waals surface area contributed by atoms with Gasteiger partial charge in [0.2, 0.25) is 0 Å². The van der Waals surface area contributed by atoms with E-state index in [1.807, 2.05) is 0 Å². The quantitative estimate of drug-likeness (QED) is 0.371. The van der Waals surface area contributed by atoms with Gasteiger partial charge in [-0.2, -0.15) is 0 Å². The van der Waals surface area contributed by atoms with Crippen molar-refractivity contribution in [2.45, 2.75) is 6.92 Å². The molecule has 0 atom stereocenters. The number of ether oxygens (including phenoxy) is 2. The second kappa shape index (κ2) is 8.20. The van der Waals surface area contributed by atoms with Crippen LogP contribution in [0, 0.1) is 0 Å². The van der Waals surface area contributed by atoms with Crippen molar-refractivity contribution in [1.82, 2.24) is 4.98 Å². The molecule has 0 radical (unpaired) electrons. The lowest BCUT2D eigenvalue weighted by atomic mass is 10.3. The largest absolute Gasteiger partial charge is 0.513 e. The summed E-state index contributed by atoms with van der Waals surface area (Å²) in [6, 6.07) is 9.96. The Morgan fingerprint density at radius 1 is 1.05 bits per heavy atom. The van der Waals surface area contributed by atoms with Gasteiger partial charge in [0.15, 0.2) is 5.75 Å². The molecular weight excluding hydrogens is 286 g/mol. The average Bonchev–Trinajstić information content (AvgIpc) is 2.47. The zero-order chi connectivity index (χ0) is 16.5. The van der Waals surface area contributed by atoms with Crippen LogP contribution < -0.4 is 27.7 Å². The topological polar surface area (TPSA) is 152 Å². The zero-order valence-corrected chi connectivity index (χ0v) is 12.2. The molecule has 0 spiro atoms. The molecule has 0 saturated carbocycles. The van der Waals surface area contributed by atoms with Gasteiger partial charge < -0.3 is 32.4 Å². The second-order valence-electron chi connectivity index (χ2n) is 4.03. The van der Waals surface area contributed by atoms with Gasteiger partial charge in [0.05, 0.1) is 18.0 Å². The summed E-state index contributed by atoms with van der Waals surface area (Å²) < 4.78 is 9.38. The van der Waals surface area contributed by atoms with Crippen molar-refractivity contribution in [3.05, 3.63) is 36.4 Å². The maximum absolute atomic E-state index is 10.9. The van der Waals surface area contributed by atoms with Crippen LogP contribution in [-0.4, -0.2) is 17.7 Å². The van der Waals surface area contributed by atoms with Gasteiger partial charge in [-0.25, -0.2) is 9.78 Å². The van der Waals surface area contributed by atoms with Crippen molar-refractivity contribution < 1.29 is 14.3 Å². The van der Waals surface area contributed by atoms with Crippen LogP contribution in [0.1, 0.15) is 6.92 Å². The molecule has 0 aliphatic heterocycles. The molecule has 2 rings (SSSR count). The molecule has 8 heteroatoms. The molecule has 0 unspecified atom stereocenters. The smallest absolute Gasteiger partial charge is 0.434 e. The lowest BCUT2D eigenvalue weighted by molar-refractivity contribution is 0.104. The minimum absolute atomic E-state index is 0.283. The van der Waals surface area contributed by atoms with Gasteiger partial charge in [-0.05, 0) is 31.2 Å². The van der Waals surface area contributed by atoms with E-state index >= 15 is 0 Å². The van der Waals surface area contributed by atoms with Crippen LogP contribution in [0.4, 0.5) is 27.8 Å². The molecule has 0 bridgehead atoms. The van der Waals surface area contributed by atoms with Crippen molar-refractivity contribution in [1.29, 1.82) is 0 Å². The zero-order valence-electron chi connectivity index (χ0n) is 12.2. The van der Waals surface area contributed by atoms with E-state index in [4.69, 9.17) is 27.7 Å². The fraction of sp³-hybridized carbons (Fsp3) is 0.143. The molecule has 0 aliphatic carbocycles. The van der Waals surface area contributed by atoms with E-state index in [1.54, 1.807) is 43.3 Å². The number of nitrogens with zero attached hydrogens (tertiary/aromatic N) is 1. The van der Waals surface area contributed by atoms with Crippen LogP contribution in [0.2, 0.25) is 0 Å². The summed E-state index contributed by atoms with van der Waals surface area (Å²) >= 11 is 0. The van der Waals surface area contributed by atoms with Crippen molar-refractivity contribution in [3.8, 4) is 5.75 Å². The number of carbonyl (C=O) groups is 1. The van der Waals surface area contributed by atoms with Crippen molar-refractivity contribution in [2.24, 2.45) is 0 Å². The molecule has 1 aromatic carbocycles. The molecule has 8 nitrogen and oxygen atoms in total. The van der Waals surface area contributed by atoms with E-state index in [9.17, 15) is 4.79 Å². The van der Waals surface area contributed by atoms with Gasteiger partial charge in [0.1, 0.15) is 11.6 Å². The Labute approximate surface area is 128 Å². The van der Waals surface area contributed by atoms with E-state index < -0.39 is 6.16 Å². The van der Waals surface area contributed by atoms with Gasteiger partial charge >= 0.3 is 6.16 Å². The third-order valence-corrected chi connectivity index (χ3v) is 2.35. The van der Waals surface area contributed by atoms with E-state index in [2.05, 4.69) is 9.72 Å². The number of anilines is 4. The summed E-state index contributed by atoms with van der Waals surface area (Å²) in [6.45, 7) is 1.99. The molecule has 118 valence electrons. The number of nitrogen functional groups attached to an aromatic ring is 4. The summed E-state index contributed by atoms with van der Waals surface area (Å²) in [7, 11) is 0. The SMILES string of the molecule is CCOC(=O)Oc1ccccc1N.Nc1ccc(N)c(N)n1. The third-order valence-electron chi connectivity index (χ3n) is 2.35. The molecule has 0 fully saturated rings. The summed E-state index contributed by atoms with van der Waals surface area (Å²) in [5.74, 6) is 0.998. The first-order chi connectivity index (χ1) is 10.4. The van der Waals surface area contributed by atoms with Crippen molar-refractivity contribution in [2.75, 3.05) is 29.5 Å². The fourth-order valence-corrected chi connectivity index (χ4v) is 1.31. The second-order valence-corrected chi connectivity index (χ2v) is 4.03. The predicted octanol–water partition coefficient (Wildman–Crippen LogP) is 1.63. The van der Waals surface area contributed by atoms with Gasteiger partial charge in [-0.3, -0.25) is 0 Å². The minimum atomic E-state index is -0.736. The Morgan fingerprint density at radius 3 is 2.27 bits per heavy atom. The highest BCUT2D eigenvalue weighted by Gasteiger charge is 2.06. The molecule has 0 amide bonds. The maximum atomic E-state index is 10.9. The highest BCUT2D eigenvalue weighted by Crippen LogP contribution is 2.19. The first-order valence-electron chi connectivity index (χ1n) is 6.40. The van der Waals surface area contributed by atoms with E-state index in [-0.39, 0.29) is 12.4 Å². The van der Waals surface area contributed by atoms with Crippen molar-refractivity contribution >= 4 is 29.2 Å². The highest BCUT2D eigenvalue weighted by atomic mass is 16.7. The number of benzene rings is 1. The standard InChI is InChI=1S/C9H11NO3.C5H8N4/c1-2-12-9(11)13-8-6-4-3-5-7(8)10;6-3-1-2-4(7)9-5(3)8/h3-6H,2,10H2,1H3;1-2H,6H2,(H4,7,8,9). The normalized spacial score (nSPS) is 9.32. The number of para-hydroxylation sites is 2. The van der Waals surface area contributed by atoms with Crippen LogP contribution in [-0.2, 0) is 4.74 Å². The number of aromatic nitrogens is 1. The van der Waals surface area contributed by atoms with E-state index in [1.165, 1.54) is 0 Å². The van der Waals surface area contributed by atoms with Gasteiger partial charge in [0.25, 0.3) is 0 Å². The summed E-state index contributed by atoms with van der Waals surface area (Å²) in [5, 5.41) is 0. The fourth-order valence-electron chi connectivity index (χ4n) is 1.31. The molecule has 8 N–H and O–H groups in total. The summed E-state index contributed by atoms with van der Waals surface area (Å²) in [6.07, 6.45) is -0.736. The molecular formula is C14H19N5O3. The number of hydrogen-bond donors (Lipinski definition) is 4. The average molecular weight is 305 g/mol. The van der Waals surface area contributed by atoms with Crippen LogP contribution >= 0.6 is 0 Å². The Kier molecular flexibility index (Phi) is 6.30. The highest BCUT2D eigenvalue weighted by molar-refractivity contribution is 5.67. The van der Waals surface area contributed by atoms with Crippen molar-refractivity contribution in [3.63, 3.8) is 0 Å². The van der Waals surface area contributed by atoms with Gasteiger partial charge in [-0.15, -0.1) is 0 Å². The third kappa shape index (κ3) is 5.45. The molecule has 1 aromatic heterocycles. The molecule has 0 saturated heterocycles. The Hall–Kier alpha value is -3.16. The molecule has 22 heavy (non-hydrogen) atoms.